The number of benzene rings is 2. The lowest BCUT2D eigenvalue weighted by atomic mass is 10.2. The van der Waals surface area contributed by atoms with Crippen molar-refractivity contribution in [2.24, 2.45) is 0 Å². The molecule has 176 valence electrons. The van der Waals surface area contributed by atoms with E-state index in [2.05, 4.69) is 20.1 Å². The Morgan fingerprint density at radius 2 is 1.15 bits per heavy atom. The molecule has 2 aliphatic rings. The van der Waals surface area contributed by atoms with Crippen molar-refractivity contribution < 1.29 is 35.9 Å². The fourth-order valence-electron chi connectivity index (χ4n) is 3.13. The molecule has 2 aliphatic heterocycles. The van der Waals surface area contributed by atoms with Crippen molar-refractivity contribution in [1.29, 1.82) is 0 Å². The first-order valence-electron chi connectivity index (χ1n) is 9.77. The molecule has 2 amide bonds. The van der Waals surface area contributed by atoms with Crippen LogP contribution in [0.5, 0.6) is 11.5 Å². The number of ether oxygens (including phenoxy) is 2. The summed E-state index contributed by atoms with van der Waals surface area (Å²) in [6, 6.07) is 8.17. The van der Waals surface area contributed by atoms with Crippen molar-refractivity contribution in [3.63, 3.8) is 0 Å². The lowest BCUT2D eigenvalue weighted by molar-refractivity contribution is -0.119. The van der Waals surface area contributed by atoms with Crippen LogP contribution in [0.1, 0.15) is 6.42 Å². The number of carbonyl (C=O) groups is 2. The normalized spacial score (nSPS) is 15.4. The summed E-state index contributed by atoms with van der Waals surface area (Å²) in [7, 11) is -7.77. The molecule has 0 saturated heterocycles. The Kier molecular flexibility index (Phi) is 6.25. The van der Waals surface area contributed by atoms with Gasteiger partial charge in [0, 0.05) is 13.1 Å². The van der Waals surface area contributed by atoms with Gasteiger partial charge in [0.1, 0.15) is 11.5 Å². The van der Waals surface area contributed by atoms with Gasteiger partial charge in [-0.1, -0.05) is 0 Å². The molecule has 0 bridgehead atoms. The van der Waals surface area contributed by atoms with E-state index in [1.165, 1.54) is 36.4 Å². The van der Waals surface area contributed by atoms with Crippen LogP contribution >= 0.6 is 0 Å². The molecular formula is C19H20N4O8S2. The van der Waals surface area contributed by atoms with Crippen LogP contribution in [-0.2, 0) is 29.6 Å². The molecule has 4 rings (SSSR count). The molecule has 0 aliphatic carbocycles. The summed E-state index contributed by atoms with van der Waals surface area (Å²) in [6.45, 7) is -0.333. The summed E-state index contributed by atoms with van der Waals surface area (Å²) in [5.41, 5.74) is 0.516. The summed E-state index contributed by atoms with van der Waals surface area (Å²) in [6.07, 6.45) is 0.175. The number of carbonyl (C=O) groups excluding carboxylic acids is 2. The zero-order chi connectivity index (χ0) is 23.6. The maximum Gasteiger partial charge on any atom is 0.262 e. The second-order valence-corrected chi connectivity index (χ2v) is 10.7. The molecule has 0 saturated carbocycles. The highest BCUT2D eigenvalue weighted by Gasteiger charge is 2.22. The van der Waals surface area contributed by atoms with Gasteiger partial charge in [-0.25, -0.2) is 26.3 Å². The van der Waals surface area contributed by atoms with Gasteiger partial charge in [0.25, 0.3) is 11.8 Å². The highest BCUT2D eigenvalue weighted by Crippen LogP contribution is 2.31. The largest absolute Gasteiger partial charge is 0.482 e. The smallest absolute Gasteiger partial charge is 0.262 e. The molecule has 0 atom stereocenters. The van der Waals surface area contributed by atoms with Crippen molar-refractivity contribution in [1.82, 2.24) is 9.44 Å². The monoisotopic (exact) mass is 496 g/mol. The second-order valence-electron chi connectivity index (χ2n) is 7.14. The van der Waals surface area contributed by atoms with Crippen molar-refractivity contribution in [2.45, 2.75) is 16.2 Å². The van der Waals surface area contributed by atoms with Crippen LogP contribution < -0.4 is 29.6 Å². The highest BCUT2D eigenvalue weighted by atomic mass is 32.2. The number of amides is 2. The predicted molar refractivity (Wildman–Crippen MR) is 116 cm³/mol. The van der Waals surface area contributed by atoms with E-state index in [4.69, 9.17) is 9.47 Å². The van der Waals surface area contributed by atoms with Gasteiger partial charge in [0.2, 0.25) is 20.0 Å². The van der Waals surface area contributed by atoms with Gasteiger partial charge in [-0.2, -0.15) is 0 Å². The van der Waals surface area contributed by atoms with E-state index in [0.717, 1.165) is 0 Å². The van der Waals surface area contributed by atoms with Gasteiger partial charge in [-0.05, 0) is 42.8 Å². The minimum atomic E-state index is -3.88. The minimum absolute atomic E-state index is 0.0289. The Balaban J connectivity index is 1.31. The van der Waals surface area contributed by atoms with Crippen LogP contribution in [0.3, 0.4) is 0 Å². The van der Waals surface area contributed by atoms with Crippen LogP contribution in [0.2, 0.25) is 0 Å². The first-order valence-corrected chi connectivity index (χ1v) is 12.7. The van der Waals surface area contributed by atoms with E-state index in [1.807, 2.05) is 0 Å². The summed E-state index contributed by atoms with van der Waals surface area (Å²) >= 11 is 0. The summed E-state index contributed by atoms with van der Waals surface area (Å²) in [5.74, 6) is -0.0234. The predicted octanol–water partition coefficient (Wildman–Crippen LogP) is -0.00470. The van der Waals surface area contributed by atoms with Gasteiger partial charge in [-0.3, -0.25) is 9.59 Å². The molecule has 2 aromatic rings. The second kappa shape index (κ2) is 8.97. The zero-order valence-corrected chi connectivity index (χ0v) is 18.7. The first-order chi connectivity index (χ1) is 15.6. The van der Waals surface area contributed by atoms with E-state index in [0.29, 0.717) is 11.5 Å². The fraction of sp³-hybridized carbons (Fsp3) is 0.263. The van der Waals surface area contributed by atoms with E-state index < -0.39 is 20.0 Å². The molecule has 2 heterocycles. The summed E-state index contributed by atoms with van der Waals surface area (Å²) in [4.78, 5) is 22.7. The van der Waals surface area contributed by atoms with Crippen LogP contribution in [0.4, 0.5) is 11.4 Å². The molecular weight excluding hydrogens is 476 g/mol. The number of rotatable bonds is 8. The van der Waals surface area contributed by atoms with Crippen molar-refractivity contribution in [2.75, 3.05) is 36.9 Å². The van der Waals surface area contributed by atoms with E-state index >= 15 is 0 Å². The number of anilines is 2. The zero-order valence-electron chi connectivity index (χ0n) is 17.1. The number of hydrogen-bond donors (Lipinski definition) is 4. The third-order valence-electron chi connectivity index (χ3n) is 4.73. The maximum absolute atomic E-state index is 12.5. The molecule has 0 radical (unpaired) electrons. The van der Waals surface area contributed by atoms with Crippen molar-refractivity contribution >= 4 is 43.2 Å². The average molecular weight is 497 g/mol. The standard InChI is InChI=1S/C19H20N4O8S2/c24-18-10-30-16-4-2-12(8-14(16)22-18)32(26,27)20-6-1-7-21-33(28,29)13-3-5-17-15(9-13)23-19(25)11-31-17/h2-5,8-9,20-21H,1,6-7,10-11H2,(H,22,24)(H,23,25). The Morgan fingerprint density at radius 3 is 1.58 bits per heavy atom. The average Bonchev–Trinajstić information content (AvgIpc) is 2.77. The summed E-state index contributed by atoms with van der Waals surface area (Å²) in [5, 5.41) is 5.08. The molecule has 0 spiro atoms. The van der Waals surface area contributed by atoms with Crippen LogP contribution in [0.15, 0.2) is 46.2 Å². The van der Waals surface area contributed by atoms with E-state index in [1.54, 1.807) is 0 Å². The van der Waals surface area contributed by atoms with Crippen LogP contribution in [0, 0.1) is 0 Å². The van der Waals surface area contributed by atoms with Gasteiger partial charge in [-0.15, -0.1) is 0 Å². The Bertz CT molecular complexity index is 1220. The number of fused-ring (bicyclic) bond motifs is 2. The molecule has 2 aromatic carbocycles. The van der Waals surface area contributed by atoms with Crippen molar-refractivity contribution in [3.8, 4) is 11.5 Å². The SMILES string of the molecule is O=C1COc2ccc(S(=O)(=O)NCCCNS(=O)(=O)c3ccc4c(c3)NC(=O)CO4)cc2N1. The molecule has 0 aromatic heterocycles. The lowest BCUT2D eigenvalue weighted by Crippen LogP contribution is -2.30. The number of sulfonamides is 2. The molecule has 12 nitrogen and oxygen atoms in total. The molecule has 0 fully saturated rings. The Morgan fingerprint density at radius 1 is 0.727 bits per heavy atom. The fourth-order valence-corrected chi connectivity index (χ4v) is 5.33. The van der Waals surface area contributed by atoms with Gasteiger partial charge in [0.05, 0.1) is 21.2 Å². The molecule has 0 unspecified atom stereocenters. The quantitative estimate of drug-likeness (QED) is 0.370. The Hall–Kier alpha value is -3.20. The first kappa shape index (κ1) is 23.0. The molecule has 4 N–H and O–H groups in total. The topological polar surface area (TPSA) is 169 Å². The Labute approximate surface area is 189 Å². The number of nitrogens with one attached hydrogen (secondary N) is 4. The minimum Gasteiger partial charge on any atom is -0.482 e. The van der Waals surface area contributed by atoms with Gasteiger partial charge >= 0.3 is 0 Å². The van der Waals surface area contributed by atoms with Crippen LogP contribution in [0.25, 0.3) is 0 Å². The third-order valence-corrected chi connectivity index (χ3v) is 7.64. The van der Waals surface area contributed by atoms with E-state index in [-0.39, 0.29) is 65.7 Å². The lowest BCUT2D eigenvalue weighted by Gasteiger charge is -2.18. The molecule has 14 heteroatoms. The van der Waals surface area contributed by atoms with E-state index in [9.17, 15) is 26.4 Å². The van der Waals surface area contributed by atoms with Crippen LogP contribution in [-0.4, -0.2) is 55.0 Å². The van der Waals surface area contributed by atoms with Gasteiger partial charge < -0.3 is 20.1 Å². The van der Waals surface area contributed by atoms with Crippen molar-refractivity contribution in [3.05, 3.63) is 36.4 Å². The highest BCUT2D eigenvalue weighted by molar-refractivity contribution is 7.89. The third kappa shape index (κ3) is 5.24. The summed E-state index contributed by atoms with van der Waals surface area (Å²) < 4.78 is 65.1. The number of hydrogen-bond acceptors (Lipinski definition) is 8. The maximum atomic E-state index is 12.5. The molecule has 33 heavy (non-hydrogen) atoms. The van der Waals surface area contributed by atoms with Gasteiger partial charge in [0.15, 0.2) is 13.2 Å².